The van der Waals surface area contributed by atoms with Crippen LogP contribution in [0.25, 0.3) is 11.2 Å². The van der Waals surface area contributed by atoms with E-state index in [-0.39, 0.29) is 6.04 Å². The Bertz CT molecular complexity index is 508. The molecule has 0 aliphatic carbocycles. The molecule has 92 valence electrons. The zero-order valence-corrected chi connectivity index (χ0v) is 10.2. The number of aromatic nitrogens is 4. The highest BCUT2D eigenvalue weighted by Crippen LogP contribution is 2.19. The molecule has 0 aliphatic heterocycles. The maximum atomic E-state index is 13.2. The van der Waals surface area contributed by atoms with Gasteiger partial charge >= 0.3 is 6.08 Å². The third-order valence-electron chi connectivity index (χ3n) is 2.82. The Kier molecular flexibility index (Phi) is 3.21. The number of anilines is 1. The molecule has 6 heteroatoms. The molecule has 5 nitrogen and oxygen atoms in total. The molecule has 0 amide bonds. The highest BCUT2D eigenvalue weighted by molar-refractivity contribution is 5.82. The van der Waals surface area contributed by atoms with Crippen LogP contribution in [0.5, 0.6) is 0 Å². The van der Waals surface area contributed by atoms with Crippen molar-refractivity contribution in [2.24, 2.45) is 5.92 Å². The van der Waals surface area contributed by atoms with E-state index in [1.165, 1.54) is 6.33 Å². The Hall–Kier alpha value is -1.72. The Labute approximate surface area is 98.9 Å². The number of fused-ring (bicyclic) bond motifs is 1. The first-order valence-electron chi connectivity index (χ1n) is 5.75. The molecule has 0 radical (unpaired) electrons. The van der Waals surface area contributed by atoms with Crippen molar-refractivity contribution >= 4 is 17.0 Å². The third kappa shape index (κ3) is 2.35. The molecule has 17 heavy (non-hydrogen) atoms. The normalized spacial score (nSPS) is 13.2. The van der Waals surface area contributed by atoms with Crippen LogP contribution in [0.15, 0.2) is 6.33 Å². The fraction of sp³-hybridized carbons (Fsp3) is 0.545. The Morgan fingerprint density at radius 3 is 2.82 bits per heavy atom. The maximum Gasteiger partial charge on any atom is 0.312 e. The highest BCUT2D eigenvalue weighted by Gasteiger charge is 2.15. The zero-order valence-electron chi connectivity index (χ0n) is 10.2. The summed E-state index contributed by atoms with van der Waals surface area (Å²) < 4.78 is 13.2. The van der Waals surface area contributed by atoms with Gasteiger partial charge in [-0.15, -0.1) is 0 Å². The summed E-state index contributed by atoms with van der Waals surface area (Å²) in [5, 5.41) is 3.22. The summed E-state index contributed by atoms with van der Waals surface area (Å²) in [6.07, 6.45) is 1.68. The average Bonchev–Trinajstić information content (AvgIpc) is 2.72. The predicted octanol–water partition coefficient (Wildman–Crippen LogP) is 2.34. The number of imidazole rings is 1. The maximum absolute atomic E-state index is 13.2. The summed E-state index contributed by atoms with van der Waals surface area (Å²) in [4.78, 5) is 14.3. The van der Waals surface area contributed by atoms with Gasteiger partial charge in [0.2, 0.25) is 0 Å². The number of rotatable bonds is 4. The second kappa shape index (κ2) is 4.65. The standard InChI is InChI=1S/C11H16FN5/c1-4-7(6(2)3)15-10-8-9(14-5-13-8)16-11(12)17-10/h5-7H,4H2,1-3H3,(H2,13,14,15,16,17). The van der Waals surface area contributed by atoms with E-state index in [0.29, 0.717) is 22.9 Å². The van der Waals surface area contributed by atoms with Gasteiger partial charge in [-0.3, -0.25) is 0 Å². The van der Waals surface area contributed by atoms with Crippen molar-refractivity contribution in [2.75, 3.05) is 5.32 Å². The largest absolute Gasteiger partial charge is 0.365 e. The number of hydrogen-bond acceptors (Lipinski definition) is 4. The van der Waals surface area contributed by atoms with Gasteiger partial charge in [0.15, 0.2) is 11.5 Å². The molecule has 0 aromatic carbocycles. The number of nitrogens with one attached hydrogen (secondary N) is 2. The molecule has 1 unspecified atom stereocenters. The van der Waals surface area contributed by atoms with Gasteiger partial charge in [-0.05, 0) is 12.3 Å². The van der Waals surface area contributed by atoms with Crippen molar-refractivity contribution in [2.45, 2.75) is 33.2 Å². The van der Waals surface area contributed by atoms with Crippen molar-refractivity contribution in [1.29, 1.82) is 0 Å². The van der Waals surface area contributed by atoms with E-state index in [9.17, 15) is 4.39 Å². The van der Waals surface area contributed by atoms with Gasteiger partial charge in [-0.2, -0.15) is 14.4 Å². The lowest BCUT2D eigenvalue weighted by atomic mass is 10.0. The minimum atomic E-state index is -0.747. The van der Waals surface area contributed by atoms with E-state index in [1.54, 1.807) is 0 Å². The quantitative estimate of drug-likeness (QED) is 0.801. The summed E-state index contributed by atoms with van der Waals surface area (Å²) in [6, 6.07) is 0.240. The minimum Gasteiger partial charge on any atom is -0.365 e. The molecule has 2 heterocycles. The van der Waals surface area contributed by atoms with Gasteiger partial charge in [0.05, 0.1) is 6.33 Å². The van der Waals surface area contributed by atoms with Crippen molar-refractivity contribution in [1.82, 2.24) is 19.9 Å². The third-order valence-corrected chi connectivity index (χ3v) is 2.82. The number of aromatic amines is 1. The van der Waals surface area contributed by atoms with E-state index in [4.69, 9.17) is 0 Å². The second-order valence-electron chi connectivity index (χ2n) is 4.34. The summed E-state index contributed by atoms with van der Waals surface area (Å²) >= 11 is 0. The van der Waals surface area contributed by atoms with E-state index >= 15 is 0 Å². The second-order valence-corrected chi connectivity index (χ2v) is 4.34. The van der Waals surface area contributed by atoms with E-state index in [0.717, 1.165) is 6.42 Å². The molecule has 1 atom stereocenters. The Balaban J connectivity index is 2.37. The SMILES string of the molecule is CCC(Nc1nc(F)nc2[nH]cnc12)C(C)C. The van der Waals surface area contributed by atoms with Crippen LogP contribution in [-0.2, 0) is 0 Å². The monoisotopic (exact) mass is 237 g/mol. The molecule has 2 aromatic heterocycles. The average molecular weight is 237 g/mol. The van der Waals surface area contributed by atoms with Crippen LogP contribution in [0.1, 0.15) is 27.2 Å². The lowest BCUT2D eigenvalue weighted by molar-refractivity contribution is 0.504. The van der Waals surface area contributed by atoms with E-state index < -0.39 is 6.08 Å². The number of nitrogens with zero attached hydrogens (tertiary/aromatic N) is 3. The zero-order chi connectivity index (χ0) is 12.4. The first-order chi connectivity index (χ1) is 8.11. The van der Waals surface area contributed by atoms with Crippen LogP contribution in [-0.4, -0.2) is 26.0 Å². The molecule has 0 spiro atoms. The van der Waals surface area contributed by atoms with Gasteiger partial charge in [0, 0.05) is 6.04 Å². The molecule has 2 rings (SSSR count). The molecule has 2 aromatic rings. The number of halogens is 1. The molecule has 0 saturated carbocycles. The molecular formula is C11H16FN5. The van der Waals surface area contributed by atoms with Crippen LogP contribution < -0.4 is 5.32 Å². The summed E-state index contributed by atoms with van der Waals surface area (Å²) in [5.41, 5.74) is 0.990. The summed E-state index contributed by atoms with van der Waals surface area (Å²) in [7, 11) is 0. The summed E-state index contributed by atoms with van der Waals surface area (Å²) in [6.45, 7) is 6.30. The van der Waals surface area contributed by atoms with E-state index in [2.05, 4.69) is 46.0 Å². The van der Waals surface area contributed by atoms with Gasteiger partial charge in [-0.1, -0.05) is 20.8 Å². The fourth-order valence-corrected chi connectivity index (χ4v) is 1.82. The van der Waals surface area contributed by atoms with Gasteiger partial charge in [0.1, 0.15) is 5.52 Å². The van der Waals surface area contributed by atoms with Crippen LogP contribution in [0.2, 0.25) is 0 Å². The summed E-state index contributed by atoms with van der Waals surface area (Å²) in [5.74, 6) is 0.890. The van der Waals surface area contributed by atoms with Crippen LogP contribution >= 0.6 is 0 Å². The number of hydrogen-bond donors (Lipinski definition) is 2. The predicted molar refractivity (Wildman–Crippen MR) is 64.2 cm³/mol. The van der Waals surface area contributed by atoms with Gasteiger partial charge in [-0.25, -0.2) is 4.98 Å². The van der Waals surface area contributed by atoms with Crippen molar-refractivity contribution in [3.63, 3.8) is 0 Å². The molecule has 0 saturated heterocycles. The van der Waals surface area contributed by atoms with Crippen molar-refractivity contribution in [3.8, 4) is 0 Å². The Morgan fingerprint density at radius 1 is 1.41 bits per heavy atom. The first kappa shape index (κ1) is 11.8. The van der Waals surface area contributed by atoms with Crippen molar-refractivity contribution in [3.05, 3.63) is 12.4 Å². The van der Waals surface area contributed by atoms with Crippen LogP contribution in [0.3, 0.4) is 0 Å². The lowest BCUT2D eigenvalue weighted by Crippen LogP contribution is -2.25. The molecule has 2 N–H and O–H groups in total. The van der Waals surface area contributed by atoms with E-state index in [1.807, 2.05) is 0 Å². The van der Waals surface area contributed by atoms with Gasteiger partial charge < -0.3 is 10.3 Å². The Morgan fingerprint density at radius 2 is 2.18 bits per heavy atom. The molecule has 0 bridgehead atoms. The molecular weight excluding hydrogens is 221 g/mol. The lowest BCUT2D eigenvalue weighted by Gasteiger charge is -2.21. The first-order valence-corrected chi connectivity index (χ1v) is 5.75. The highest BCUT2D eigenvalue weighted by atomic mass is 19.1. The van der Waals surface area contributed by atoms with Gasteiger partial charge in [0.25, 0.3) is 0 Å². The fourth-order valence-electron chi connectivity index (χ4n) is 1.82. The number of H-pyrrole nitrogens is 1. The topological polar surface area (TPSA) is 66.5 Å². The minimum absolute atomic E-state index is 0.240. The van der Waals surface area contributed by atoms with Crippen LogP contribution in [0, 0.1) is 12.0 Å². The van der Waals surface area contributed by atoms with Crippen molar-refractivity contribution < 1.29 is 4.39 Å². The molecule has 0 aliphatic rings. The molecule has 0 fully saturated rings. The smallest absolute Gasteiger partial charge is 0.312 e. The van der Waals surface area contributed by atoms with Crippen LogP contribution in [0.4, 0.5) is 10.2 Å².